The fraction of sp³-hybridized carbons (Fsp3) is 0.364. The molecule has 4 heteroatoms. The normalized spacial score (nSPS) is 19.5. The molecular formula is C22H25F2NO. The van der Waals surface area contributed by atoms with Gasteiger partial charge in [0.25, 0.3) is 5.92 Å². The topological polar surface area (TPSA) is 12.5 Å². The van der Waals surface area contributed by atoms with Crippen LogP contribution >= 0.6 is 0 Å². The molecule has 138 valence electrons. The lowest BCUT2D eigenvalue weighted by Crippen LogP contribution is -2.42. The fourth-order valence-corrected chi connectivity index (χ4v) is 3.43. The van der Waals surface area contributed by atoms with Gasteiger partial charge < -0.3 is 4.74 Å². The number of likely N-dealkylation sites (tertiary alicyclic amines) is 1. The molecule has 2 aromatic carbocycles. The van der Waals surface area contributed by atoms with Crippen molar-refractivity contribution in [3.05, 3.63) is 84.1 Å². The van der Waals surface area contributed by atoms with Crippen LogP contribution in [-0.2, 0) is 4.74 Å². The Bertz CT molecular complexity index is 707. The molecule has 0 saturated carbocycles. The van der Waals surface area contributed by atoms with Gasteiger partial charge in [-0.1, -0.05) is 67.2 Å². The Labute approximate surface area is 154 Å². The molecule has 1 aliphatic heterocycles. The van der Waals surface area contributed by atoms with Crippen LogP contribution in [0.1, 0.15) is 43.0 Å². The SMILES string of the molecule is C=C(O[C@@H](C)c1ccccc1)C(c1ccccc1)N1CCC(F)(F)CC1. The standard InChI is InChI=1S/C22H25F2NO/c1-17(19-9-5-3-6-10-19)26-18(2)21(20-11-7-4-8-12-20)25-15-13-22(23,24)14-16-25/h3-12,17,21H,2,13-16H2,1H3/t17-,21?/m0/s1. The average Bonchev–Trinajstić information content (AvgIpc) is 2.65. The summed E-state index contributed by atoms with van der Waals surface area (Å²) in [4.78, 5) is 2.05. The summed E-state index contributed by atoms with van der Waals surface area (Å²) in [6.45, 7) is 6.79. The second-order valence-electron chi connectivity index (χ2n) is 6.84. The maximum absolute atomic E-state index is 13.6. The van der Waals surface area contributed by atoms with Crippen molar-refractivity contribution in [3.63, 3.8) is 0 Å². The van der Waals surface area contributed by atoms with Gasteiger partial charge in [-0.25, -0.2) is 8.78 Å². The number of nitrogens with zero attached hydrogens (tertiary/aromatic N) is 1. The summed E-state index contributed by atoms with van der Waals surface area (Å²) in [6.07, 6.45) is -0.406. The summed E-state index contributed by atoms with van der Waals surface area (Å²) in [5.41, 5.74) is 2.08. The molecule has 1 fully saturated rings. The summed E-state index contributed by atoms with van der Waals surface area (Å²) in [7, 11) is 0. The molecule has 0 bridgehead atoms. The first kappa shape index (κ1) is 18.6. The zero-order valence-electron chi connectivity index (χ0n) is 15.1. The summed E-state index contributed by atoms with van der Waals surface area (Å²) < 4.78 is 33.3. The van der Waals surface area contributed by atoms with E-state index in [1.807, 2.05) is 72.5 Å². The van der Waals surface area contributed by atoms with Crippen molar-refractivity contribution in [2.45, 2.75) is 37.8 Å². The van der Waals surface area contributed by atoms with E-state index in [1.54, 1.807) is 0 Å². The Balaban J connectivity index is 1.78. The van der Waals surface area contributed by atoms with E-state index in [4.69, 9.17) is 4.74 Å². The minimum absolute atomic E-state index is 0.127. The van der Waals surface area contributed by atoms with Crippen molar-refractivity contribution >= 4 is 0 Å². The molecular weight excluding hydrogens is 332 g/mol. The second-order valence-corrected chi connectivity index (χ2v) is 6.84. The highest BCUT2D eigenvalue weighted by molar-refractivity contribution is 5.26. The van der Waals surface area contributed by atoms with Crippen LogP contribution in [0.4, 0.5) is 8.78 Å². The monoisotopic (exact) mass is 357 g/mol. The van der Waals surface area contributed by atoms with E-state index in [-0.39, 0.29) is 25.0 Å². The minimum atomic E-state index is -2.57. The largest absolute Gasteiger partial charge is 0.489 e. The first-order chi connectivity index (χ1) is 12.5. The van der Waals surface area contributed by atoms with Crippen molar-refractivity contribution in [2.75, 3.05) is 13.1 Å². The van der Waals surface area contributed by atoms with E-state index < -0.39 is 5.92 Å². The highest BCUT2D eigenvalue weighted by atomic mass is 19.3. The van der Waals surface area contributed by atoms with Gasteiger partial charge in [0.1, 0.15) is 11.9 Å². The fourth-order valence-electron chi connectivity index (χ4n) is 3.43. The van der Waals surface area contributed by atoms with E-state index in [2.05, 4.69) is 6.58 Å². The predicted octanol–water partition coefficient (Wildman–Crippen LogP) is 5.75. The number of alkyl halides is 2. The first-order valence-corrected chi connectivity index (χ1v) is 9.03. The van der Waals surface area contributed by atoms with Gasteiger partial charge in [-0.2, -0.15) is 0 Å². The van der Waals surface area contributed by atoms with Crippen LogP contribution < -0.4 is 0 Å². The molecule has 0 spiro atoms. The number of rotatable bonds is 6. The zero-order valence-corrected chi connectivity index (χ0v) is 15.1. The highest BCUT2D eigenvalue weighted by Crippen LogP contribution is 2.37. The van der Waals surface area contributed by atoms with Crippen LogP contribution in [-0.4, -0.2) is 23.9 Å². The Morgan fingerprint density at radius 3 is 2.00 bits per heavy atom. The summed E-state index contributed by atoms with van der Waals surface area (Å²) in [5.74, 6) is -1.98. The van der Waals surface area contributed by atoms with E-state index in [9.17, 15) is 8.78 Å². The highest BCUT2D eigenvalue weighted by Gasteiger charge is 2.37. The lowest BCUT2D eigenvalue weighted by Gasteiger charge is -2.38. The summed E-state index contributed by atoms with van der Waals surface area (Å²) >= 11 is 0. The van der Waals surface area contributed by atoms with Crippen LogP contribution in [0.5, 0.6) is 0 Å². The molecule has 0 N–H and O–H groups in total. The Morgan fingerprint density at radius 2 is 1.46 bits per heavy atom. The van der Waals surface area contributed by atoms with Crippen molar-refractivity contribution in [1.29, 1.82) is 0 Å². The number of ether oxygens (including phenoxy) is 1. The molecule has 0 aliphatic carbocycles. The van der Waals surface area contributed by atoms with E-state index in [0.717, 1.165) is 11.1 Å². The smallest absolute Gasteiger partial charge is 0.250 e. The van der Waals surface area contributed by atoms with Gasteiger partial charge in [0.2, 0.25) is 0 Å². The van der Waals surface area contributed by atoms with Crippen molar-refractivity contribution < 1.29 is 13.5 Å². The lowest BCUT2D eigenvalue weighted by molar-refractivity contribution is -0.0659. The molecule has 0 amide bonds. The van der Waals surface area contributed by atoms with Crippen LogP contribution in [0.15, 0.2) is 73.0 Å². The second kappa shape index (κ2) is 8.00. The number of benzene rings is 2. The molecule has 26 heavy (non-hydrogen) atoms. The van der Waals surface area contributed by atoms with Gasteiger partial charge in [-0.3, -0.25) is 4.90 Å². The number of halogens is 2. The van der Waals surface area contributed by atoms with Gasteiger partial charge in [0.15, 0.2) is 0 Å². The van der Waals surface area contributed by atoms with Gasteiger partial charge >= 0.3 is 0 Å². The number of hydrogen-bond donors (Lipinski definition) is 0. The maximum atomic E-state index is 13.6. The van der Waals surface area contributed by atoms with Crippen molar-refractivity contribution in [1.82, 2.24) is 4.90 Å². The van der Waals surface area contributed by atoms with E-state index >= 15 is 0 Å². The van der Waals surface area contributed by atoms with Gasteiger partial charge in [-0.05, 0) is 18.1 Å². The number of piperidine rings is 1. The third-order valence-corrected chi connectivity index (χ3v) is 4.91. The predicted molar refractivity (Wildman–Crippen MR) is 100 cm³/mol. The van der Waals surface area contributed by atoms with Gasteiger partial charge in [0.05, 0.1) is 6.04 Å². The van der Waals surface area contributed by atoms with Crippen LogP contribution in [0, 0.1) is 0 Å². The molecule has 1 saturated heterocycles. The average molecular weight is 357 g/mol. The van der Waals surface area contributed by atoms with Crippen molar-refractivity contribution in [3.8, 4) is 0 Å². The molecule has 1 aliphatic rings. The molecule has 3 rings (SSSR count). The molecule has 1 heterocycles. The van der Waals surface area contributed by atoms with Crippen LogP contribution in [0.3, 0.4) is 0 Å². The van der Waals surface area contributed by atoms with Crippen LogP contribution in [0.25, 0.3) is 0 Å². The lowest BCUT2D eigenvalue weighted by atomic mass is 9.98. The Hall–Kier alpha value is -2.20. The Kier molecular flexibility index (Phi) is 5.72. The molecule has 2 nitrogen and oxygen atoms in total. The molecule has 0 aromatic heterocycles. The molecule has 2 atom stereocenters. The van der Waals surface area contributed by atoms with Crippen molar-refractivity contribution in [2.24, 2.45) is 0 Å². The third kappa shape index (κ3) is 4.50. The molecule has 0 radical (unpaired) electrons. The van der Waals surface area contributed by atoms with Crippen LogP contribution in [0.2, 0.25) is 0 Å². The minimum Gasteiger partial charge on any atom is -0.489 e. The zero-order chi connectivity index (χ0) is 18.6. The van der Waals surface area contributed by atoms with Gasteiger partial charge in [-0.15, -0.1) is 0 Å². The number of hydrogen-bond acceptors (Lipinski definition) is 2. The first-order valence-electron chi connectivity index (χ1n) is 9.03. The maximum Gasteiger partial charge on any atom is 0.250 e. The Morgan fingerprint density at radius 1 is 0.962 bits per heavy atom. The summed E-state index contributed by atoms with van der Waals surface area (Å²) in [5, 5.41) is 0. The summed E-state index contributed by atoms with van der Waals surface area (Å²) in [6, 6.07) is 19.6. The van der Waals surface area contributed by atoms with E-state index in [0.29, 0.717) is 18.8 Å². The quantitative estimate of drug-likeness (QED) is 0.610. The molecule has 2 aromatic rings. The van der Waals surface area contributed by atoms with Gasteiger partial charge in [0, 0.05) is 25.9 Å². The third-order valence-electron chi connectivity index (χ3n) is 4.91. The molecule has 1 unspecified atom stereocenters. The van der Waals surface area contributed by atoms with E-state index in [1.165, 1.54) is 0 Å².